The number of amidine groups is 1. The van der Waals surface area contributed by atoms with Crippen molar-refractivity contribution in [1.29, 1.82) is 0 Å². The van der Waals surface area contributed by atoms with Gasteiger partial charge < -0.3 is 21.1 Å². The monoisotopic (exact) mass is 366 g/mol. The molecule has 142 valence electrons. The van der Waals surface area contributed by atoms with Crippen molar-refractivity contribution in [3.05, 3.63) is 59.7 Å². The third-order valence-corrected chi connectivity index (χ3v) is 4.73. The molecule has 2 atom stereocenters. The molecule has 0 saturated carbocycles. The lowest BCUT2D eigenvalue weighted by Gasteiger charge is -2.18. The molecule has 6 nitrogen and oxygen atoms in total. The van der Waals surface area contributed by atoms with Crippen molar-refractivity contribution in [2.75, 3.05) is 17.2 Å². The number of nitrogens with zero attached hydrogens (tertiary/aromatic N) is 1. The number of hydrogen-bond acceptors (Lipinski definition) is 4. The van der Waals surface area contributed by atoms with Gasteiger partial charge in [-0.15, -0.1) is 0 Å². The first-order valence-electron chi connectivity index (χ1n) is 9.24. The van der Waals surface area contributed by atoms with Crippen LogP contribution in [0.2, 0.25) is 0 Å². The molecule has 0 bridgehead atoms. The molecule has 1 aliphatic heterocycles. The van der Waals surface area contributed by atoms with Crippen molar-refractivity contribution < 1.29 is 9.53 Å². The van der Waals surface area contributed by atoms with Crippen LogP contribution in [0.5, 0.6) is 0 Å². The van der Waals surface area contributed by atoms with Gasteiger partial charge in [-0.3, -0.25) is 0 Å². The Morgan fingerprint density at radius 2 is 1.74 bits per heavy atom. The maximum absolute atomic E-state index is 12.1. The summed E-state index contributed by atoms with van der Waals surface area (Å²) < 4.78 is 5.24. The first-order valence-corrected chi connectivity index (χ1v) is 9.24. The van der Waals surface area contributed by atoms with E-state index in [-0.39, 0.29) is 18.1 Å². The van der Waals surface area contributed by atoms with Crippen LogP contribution < -0.4 is 16.4 Å². The molecular formula is C21H26N4O2. The predicted octanol–water partition coefficient (Wildman–Crippen LogP) is 4.24. The van der Waals surface area contributed by atoms with Gasteiger partial charge in [-0.1, -0.05) is 36.8 Å². The number of ether oxygens (including phenoxy) is 1. The molecule has 2 aromatic carbocycles. The minimum absolute atomic E-state index is 0.119. The number of urea groups is 1. The second-order valence-corrected chi connectivity index (χ2v) is 6.84. The second kappa shape index (κ2) is 8.58. The van der Waals surface area contributed by atoms with E-state index < -0.39 is 0 Å². The predicted molar refractivity (Wildman–Crippen MR) is 109 cm³/mol. The highest BCUT2D eigenvalue weighted by Gasteiger charge is 2.21. The van der Waals surface area contributed by atoms with Crippen LogP contribution in [0.1, 0.15) is 36.8 Å². The topological polar surface area (TPSA) is 88.7 Å². The lowest BCUT2D eigenvalue weighted by molar-refractivity contribution is 0.262. The summed E-state index contributed by atoms with van der Waals surface area (Å²) in [7, 11) is 0. The lowest BCUT2D eigenvalue weighted by Crippen LogP contribution is -2.19. The fourth-order valence-electron chi connectivity index (χ4n) is 3.19. The quantitative estimate of drug-likeness (QED) is 0.714. The third kappa shape index (κ3) is 5.23. The number of rotatable bonds is 6. The SMILES string of the molecule is CCC(CC1COC(N)=N1)c1ccc(NC(=O)Nc2ccc(C)cc2)cc1. The molecule has 0 aliphatic carbocycles. The van der Waals surface area contributed by atoms with E-state index in [4.69, 9.17) is 10.5 Å². The highest BCUT2D eigenvalue weighted by atomic mass is 16.5. The molecule has 0 radical (unpaired) electrons. The summed E-state index contributed by atoms with van der Waals surface area (Å²) in [6.45, 7) is 4.73. The summed E-state index contributed by atoms with van der Waals surface area (Å²) >= 11 is 0. The summed E-state index contributed by atoms with van der Waals surface area (Å²) in [6.07, 6.45) is 1.91. The summed E-state index contributed by atoms with van der Waals surface area (Å²) in [5.74, 6) is 0.378. The average Bonchev–Trinajstić information content (AvgIpc) is 3.07. The van der Waals surface area contributed by atoms with Crippen molar-refractivity contribution in [3.8, 4) is 0 Å². The summed E-state index contributed by atoms with van der Waals surface area (Å²) in [5, 5.41) is 5.69. The molecule has 0 saturated heterocycles. The molecule has 2 amide bonds. The minimum Gasteiger partial charge on any atom is -0.463 e. The van der Waals surface area contributed by atoms with Crippen LogP contribution in [0, 0.1) is 6.92 Å². The van der Waals surface area contributed by atoms with Gasteiger partial charge in [0.2, 0.25) is 0 Å². The average molecular weight is 366 g/mol. The van der Waals surface area contributed by atoms with Crippen LogP contribution in [0.3, 0.4) is 0 Å². The smallest absolute Gasteiger partial charge is 0.323 e. The van der Waals surface area contributed by atoms with Gasteiger partial charge in [0.1, 0.15) is 6.61 Å². The van der Waals surface area contributed by atoms with E-state index in [1.54, 1.807) is 0 Å². The molecule has 0 spiro atoms. The summed E-state index contributed by atoms with van der Waals surface area (Å²) in [5.41, 5.74) is 9.49. The van der Waals surface area contributed by atoms with Crippen molar-refractivity contribution in [1.82, 2.24) is 0 Å². The fraction of sp³-hybridized carbons (Fsp3) is 0.333. The zero-order chi connectivity index (χ0) is 19.2. The van der Waals surface area contributed by atoms with E-state index in [1.165, 1.54) is 5.56 Å². The molecule has 0 aromatic heterocycles. The maximum Gasteiger partial charge on any atom is 0.323 e. The van der Waals surface area contributed by atoms with Crippen molar-refractivity contribution >= 4 is 23.4 Å². The van der Waals surface area contributed by atoms with Crippen molar-refractivity contribution in [3.63, 3.8) is 0 Å². The Bertz CT molecular complexity index is 800. The molecule has 6 heteroatoms. The van der Waals surface area contributed by atoms with Gasteiger partial charge in [-0.05, 0) is 55.5 Å². The van der Waals surface area contributed by atoms with Gasteiger partial charge in [0.25, 0.3) is 6.02 Å². The summed E-state index contributed by atoms with van der Waals surface area (Å²) in [6, 6.07) is 15.8. The van der Waals surface area contributed by atoms with Gasteiger partial charge in [-0.25, -0.2) is 9.79 Å². The largest absolute Gasteiger partial charge is 0.463 e. The number of hydrogen-bond donors (Lipinski definition) is 3. The van der Waals surface area contributed by atoms with E-state index in [9.17, 15) is 4.79 Å². The van der Waals surface area contributed by atoms with E-state index in [0.29, 0.717) is 12.5 Å². The van der Waals surface area contributed by atoms with Crippen molar-refractivity contribution in [2.24, 2.45) is 10.7 Å². The van der Waals surface area contributed by atoms with Crippen LogP contribution in [0.4, 0.5) is 16.2 Å². The Morgan fingerprint density at radius 3 is 2.26 bits per heavy atom. The highest BCUT2D eigenvalue weighted by molar-refractivity contribution is 5.99. The zero-order valence-electron chi connectivity index (χ0n) is 15.7. The molecule has 1 aliphatic rings. The standard InChI is InChI=1S/C21H26N4O2/c1-3-15(12-19-13-27-20(22)23-19)16-6-10-18(11-7-16)25-21(26)24-17-8-4-14(2)5-9-17/h4-11,15,19H,3,12-13H2,1-2H3,(H2,22,23)(H2,24,25,26). The first-order chi connectivity index (χ1) is 13.0. The van der Waals surface area contributed by atoms with Crippen LogP contribution in [0.25, 0.3) is 0 Å². The van der Waals surface area contributed by atoms with Gasteiger partial charge in [-0.2, -0.15) is 0 Å². The molecule has 3 rings (SSSR count). The Hall–Kier alpha value is -3.02. The Balaban J connectivity index is 1.57. The maximum atomic E-state index is 12.1. The van der Waals surface area contributed by atoms with Gasteiger partial charge in [0, 0.05) is 11.4 Å². The number of aliphatic imine (C=N–C) groups is 1. The lowest BCUT2D eigenvalue weighted by atomic mass is 9.90. The number of carbonyl (C=O) groups excluding carboxylic acids is 1. The van der Waals surface area contributed by atoms with E-state index >= 15 is 0 Å². The number of nitrogens with two attached hydrogens (primary N) is 1. The Labute approximate surface area is 159 Å². The first kappa shape index (κ1) is 18.8. The molecule has 2 unspecified atom stereocenters. The number of carbonyl (C=O) groups is 1. The van der Waals surface area contributed by atoms with Crippen molar-refractivity contribution in [2.45, 2.75) is 38.6 Å². The Kier molecular flexibility index (Phi) is 5.96. The summed E-state index contributed by atoms with van der Waals surface area (Å²) in [4.78, 5) is 16.5. The molecule has 4 N–H and O–H groups in total. The minimum atomic E-state index is -0.258. The zero-order valence-corrected chi connectivity index (χ0v) is 15.7. The molecule has 2 aromatic rings. The molecule has 1 heterocycles. The number of aryl methyl sites for hydroxylation is 1. The third-order valence-electron chi connectivity index (χ3n) is 4.73. The van der Waals surface area contributed by atoms with Crippen LogP contribution in [-0.4, -0.2) is 24.7 Å². The second-order valence-electron chi connectivity index (χ2n) is 6.84. The van der Waals surface area contributed by atoms with Gasteiger partial charge in [0.05, 0.1) is 6.04 Å². The normalized spacial score (nSPS) is 17.0. The van der Waals surface area contributed by atoms with Crippen LogP contribution in [0.15, 0.2) is 53.5 Å². The molecule has 27 heavy (non-hydrogen) atoms. The van der Waals surface area contributed by atoms with Gasteiger partial charge in [0.15, 0.2) is 0 Å². The number of amides is 2. The molecule has 0 fully saturated rings. The van der Waals surface area contributed by atoms with Gasteiger partial charge >= 0.3 is 6.03 Å². The number of benzene rings is 2. The molecular weight excluding hydrogens is 340 g/mol. The number of anilines is 2. The van der Waals surface area contributed by atoms with E-state index in [1.807, 2.05) is 43.3 Å². The van der Waals surface area contributed by atoms with Crippen LogP contribution >= 0.6 is 0 Å². The van der Waals surface area contributed by atoms with E-state index in [0.717, 1.165) is 29.8 Å². The highest BCUT2D eigenvalue weighted by Crippen LogP contribution is 2.28. The number of nitrogens with one attached hydrogen (secondary N) is 2. The van der Waals surface area contributed by atoms with E-state index in [2.05, 4.69) is 34.7 Å². The Morgan fingerprint density at radius 1 is 1.15 bits per heavy atom. The van der Waals surface area contributed by atoms with Crippen LogP contribution in [-0.2, 0) is 4.74 Å². The fourth-order valence-corrected chi connectivity index (χ4v) is 3.19.